The molecule has 6 rings (SSSR count). The number of anilines is 3. The minimum atomic E-state index is -4.60. The Labute approximate surface area is 225 Å². The van der Waals surface area contributed by atoms with Crippen molar-refractivity contribution >= 4 is 29.0 Å². The summed E-state index contributed by atoms with van der Waals surface area (Å²) >= 11 is 0. The predicted octanol–water partition coefficient (Wildman–Crippen LogP) is 3.25. The average Bonchev–Trinajstić information content (AvgIpc) is 3.14. The second-order valence-corrected chi connectivity index (χ2v) is 11.5. The fourth-order valence-corrected chi connectivity index (χ4v) is 6.60. The van der Waals surface area contributed by atoms with Crippen LogP contribution in [-0.2, 0) is 20.5 Å². The summed E-state index contributed by atoms with van der Waals surface area (Å²) in [6.45, 7) is 9.06. The largest absolute Gasteiger partial charge is 0.416 e. The van der Waals surface area contributed by atoms with Crippen LogP contribution in [0.1, 0.15) is 23.2 Å². The van der Waals surface area contributed by atoms with Crippen LogP contribution >= 0.6 is 0 Å². The second kappa shape index (κ2) is 9.19. The van der Waals surface area contributed by atoms with Crippen LogP contribution in [0.4, 0.5) is 30.4 Å². The number of likely N-dealkylation sites (tertiary alicyclic amines) is 1. The quantitative estimate of drug-likeness (QED) is 0.590. The number of aryl methyl sites for hydroxylation is 2. The molecular formula is C28H32F3N5O3. The average molecular weight is 544 g/mol. The topological polar surface area (TPSA) is 69.2 Å². The molecule has 0 saturated carbocycles. The smallest absolute Gasteiger partial charge is 0.380 e. The molecule has 2 amide bonds. The van der Waals surface area contributed by atoms with Crippen molar-refractivity contribution in [3.63, 3.8) is 0 Å². The molecule has 3 saturated heterocycles. The van der Waals surface area contributed by atoms with E-state index in [-0.39, 0.29) is 23.8 Å². The van der Waals surface area contributed by atoms with Gasteiger partial charge in [-0.2, -0.15) is 13.2 Å². The van der Waals surface area contributed by atoms with Crippen molar-refractivity contribution in [1.82, 2.24) is 9.88 Å². The highest BCUT2D eigenvalue weighted by molar-refractivity contribution is 6.10. The van der Waals surface area contributed by atoms with Crippen molar-refractivity contribution in [3.8, 4) is 0 Å². The highest BCUT2D eigenvalue weighted by Gasteiger charge is 2.51. The molecule has 1 spiro atoms. The SMILES string of the molecule is Cc1cc(C(F)(F)F)cc(N2C(=O)C[C@@H]3CN(CCN4CC5(COC5)C4)c4c(C)cccc4N(C)C(=O)[C@H]32)n1. The van der Waals surface area contributed by atoms with Crippen molar-refractivity contribution in [3.05, 3.63) is 47.2 Å². The highest BCUT2D eigenvalue weighted by atomic mass is 19.4. The lowest BCUT2D eigenvalue weighted by Crippen LogP contribution is -2.66. The minimum absolute atomic E-state index is 0.0586. The lowest BCUT2D eigenvalue weighted by Gasteiger charge is -2.55. The number of para-hydroxylation sites is 1. The van der Waals surface area contributed by atoms with Crippen LogP contribution in [0.5, 0.6) is 0 Å². The molecular weight excluding hydrogens is 511 g/mol. The van der Waals surface area contributed by atoms with E-state index >= 15 is 0 Å². The number of carbonyl (C=O) groups excluding carboxylic acids is 2. The van der Waals surface area contributed by atoms with Gasteiger partial charge in [-0.3, -0.25) is 14.5 Å². The molecule has 2 aromatic rings. The molecule has 208 valence electrons. The Morgan fingerprint density at radius 1 is 1.10 bits per heavy atom. The van der Waals surface area contributed by atoms with Gasteiger partial charge in [-0.15, -0.1) is 0 Å². The Balaban J connectivity index is 1.34. The van der Waals surface area contributed by atoms with E-state index in [9.17, 15) is 22.8 Å². The number of benzene rings is 1. The number of likely N-dealkylation sites (N-methyl/N-ethyl adjacent to an activating group) is 1. The summed E-state index contributed by atoms with van der Waals surface area (Å²) in [5.74, 6) is -1.26. The zero-order valence-corrected chi connectivity index (χ0v) is 22.3. The first-order valence-corrected chi connectivity index (χ1v) is 13.3. The molecule has 1 aromatic heterocycles. The molecule has 39 heavy (non-hydrogen) atoms. The molecule has 2 atom stereocenters. The van der Waals surface area contributed by atoms with Crippen molar-refractivity contribution < 1.29 is 27.5 Å². The van der Waals surface area contributed by atoms with Gasteiger partial charge in [-0.25, -0.2) is 4.98 Å². The van der Waals surface area contributed by atoms with Crippen LogP contribution in [0.3, 0.4) is 0 Å². The van der Waals surface area contributed by atoms with Crippen molar-refractivity contribution in [2.24, 2.45) is 11.3 Å². The lowest BCUT2D eigenvalue weighted by molar-refractivity contribution is -0.188. The third-order valence-electron chi connectivity index (χ3n) is 8.50. The van der Waals surface area contributed by atoms with Gasteiger partial charge in [0.1, 0.15) is 11.9 Å². The van der Waals surface area contributed by atoms with E-state index in [0.717, 1.165) is 61.9 Å². The van der Waals surface area contributed by atoms with Gasteiger partial charge < -0.3 is 19.4 Å². The monoisotopic (exact) mass is 543 g/mol. The van der Waals surface area contributed by atoms with Crippen molar-refractivity contribution in [1.29, 1.82) is 0 Å². The summed E-state index contributed by atoms with van der Waals surface area (Å²) in [6.07, 6.45) is -4.54. The van der Waals surface area contributed by atoms with Crippen LogP contribution < -0.4 is 14.7 Å². The van der Waals surface area contributed by atoms with E-state index in [1.807, 2.05) is 25.1 Å². The van der Waals surface area contributed by atoms with E-state index < -0.39 is 29.6 Å². The van der Waals surface area contributed by atoms with Crippen LogP contribution in [0, 0.1) is 25.2 Å². The number of rotatable bonds is 4. The Kier molecular flexibility index (Phi) is 6.14. The van der Waals surface area contributed by atoms with E-state index in [1.165, 1.54) is 11.8 Å². The lowest BCUT2D eigenvalue weighted by atomic mass is 9.78. The third-order valence-corrected chi connectivity index (χ3v) is 8.50. The summed E-state index contributed by atoms with van der Waals surface area (Å²) in [5, 5.41) is 0. The number of hydrogen-bond acceptors (Lipinski definition) is 6. The van der Waals surface area contributed by atoms with E-state index in [4.69, 9.17) is 4.74 Å². The molecule has 4 aliphatic heterocycles. The van der Waals surface area contributed by atoms with Gasteiger partial charge in [0.05, 0.1) is 30.2 Å². The molecule has 0 radical (unpaired) electrons. The Morgan fingerprint density at radius 2 is 1.85 bits per heavy atom. The Hall–Kier alpha value is -3.18. The molecule has 0 unspecified atom stereocenters. The number of amides is 2. The third kappa shape index (κ3) is 4.45. The number of halogens is 3. The molecule has 8 nitrogen and oxygen atoms in total. The van der Waals surface area contributed by atoms with Gasteiger partial charge in [0.15, 0.2) is 0 Å². The second-order valence-electron chi connectivity index (χ2n) is 11.5. The minimum Gasteiger partial charge on any atom is -0.380 e. The number of ether oxygens (including phenoxy) is 1. The maximum Gasteiger partial charge on any atom is 0.416 e. The van der Waals surface area contributed by atoms with Gasteiger partial charge in [-0.1, -0.05) is 12.1 Å². The predicted molar refractivity (Wildman–Crippen MR) is 140 cm³/mol. The fourth-order valence-electron chi connectivity index (χ4n) is 6.60. The first-order valence-electron chi connectivity index (χ1n) is 13.3. The van der Waals surface area contributed by atoms with Gasteiger partial charge in [-0.05, 0) is 37.6 Å². The maximum atomic E-state index is 13.9. The molecule has 0 aliphatic carbocycles. The fraction of sp³-hybridized carbons (Fsp3) is 0.536. The van der Waals surface area contributed by atoms with Crippen LogP contribution in [-0.4, -0.2) is 80.7 Å². The molecule has 11 heteroatoms. The normalized spacial score (nSPS) is 24.7. The summed E-state index contributed by atoms with van der Waals surface area (Å²) < 4.78 is 46.2. The van der Waals surface area contributed by atoms with Crippen LogP contribution in [0.25, 0.3) is 0 Å². The van der Waals surface area contributed by atoms with Crippen molar-refractivity contribution in [2.45, 2.75) is 32.5 Å². The van der Waals surface area contributed by atoms with Crippen molar-refractivity contribution in [2.75, 3.05) is 67.7 Å². The standard InChI is InChI=1S/C28H32F3N5O3/c1-17-5-4-6-21-24(17)35(8-7-34-13-27(14-34)15-39-16-27)12-19-10-23(37)36(25(19)26(38)33(21)3)22-11-20(28(29,30)31)9-18(2)32-22/h4-6,9,11,19,25H,7-8,10,12-16H2,1-3H3/t19-,25+/m1/s1. The highest BCUT2D eigenvalue weighted by Crippen LogP contribution is 2.42. The summed E-state index contributed by atoms with van der Waals surface area (Å²) in [7, 11) is 1.67. The van der Waals surface area contributed by atoms with Gasteiger partial charge in [0.2, 0.25) is 11.8 Å². The molecule has 0 N–H and O–H groups in total. The zero-order chi connectivity index (χ0) is 27.7. The summed E-state index contributed by atoms with van der Waals surface area (Å²) in [4.78, 5) is 38.9. The van der Waals surface area contributed by atoms with Crippen LogP contribution in [0.2, 0.25) is 0 Å². The van der Waals surface area contributed by atoms with Gasteiger partial charge in [0, 0.05) is 63.2 Å². The van der Waals surface area contributed by atoms with E-state index in [1.54, 1.807) is 11.9 Å². The number of hydrogen-bond donors (Lipinski definition) is 0. The Morgan fingerprint density at radius 3 is 2.51 bits per heavy atom. The zero-order valence-electron chi connectivity index (χ0n) is 22.3. The number of nitrogens with zero attached hydrogens (tertiary/aromatic N) is 5. The number of pyridine rings is 1. The van der Waals surface area contributed by atoms with E-state index in [0.29, 0.717) is 18.5 Å². The molecule has 5 heterocycles. The Bertz CT molecular complexity index is 1320. The molecule has 3 fully saturated rings. The molecule has 4 aliphatic rings. The molecule has 1 aromatic carbocycles. The summed E-state index contributed by atoms with van der Waals surface area (Å²) in [5.41, 5.74) is 2.24. The number of fused-ring (bicyclic) bond motifs is 2. The number of alkyl halides is 3. The van der Waals surface area contributed by atoms with Gasteiger partial charge in [0.25, 0.3) is 0 Å². The first-order chi connectivity index (χ1) is 18.5. The summed E-state index contributed by atoms with van der Waals surface area (Å²) in [6, 6.07) is 6.65. The first kappa shape index (κ1) is 26.1. The maximum absolute atomic E-state index is 13.9. The van der Waals surface area contributed by atoms with Gasteiger partial charge >= 0.3 is 6.18 Å². The van der Waals surface area contributed by atoms with E-state index in [2.05, 4.69) is 14.8 Å². The number of aromatic nitrogens is 1. The molecule has 0 bridgehead atoms. The van der Waals surface area contributed by atoms with Crippen LogP contribution in [0.15, 0.2) is 30.3 Å². The number of carbonyl (C=O) groups is 2.